The number of rotatable bonds is 6. The molecule has 1 aromatic rings. The Morgan fingerprint density at radius 2 is 1.94 bits per heavy atom. The van der Waals surface area contributed by atoms with Crippen molar-refractivity contribution in [1.82, 2.24) is 0 Å². The molecule has 0 unspecified atom stereocenters. The Labute approximate surface area is 107 Å². The minimum absolute atomic E-state index is 0.127. The molecule has 0 radical (unpaired) electrons. The first kappa shape index (κ1) is 13.9. The van der Waals surface area contributed by atoms with Crippen LogP contribution in [0.25, 0.3) is 0 Å². The first-order valence-corrected chi connectivity index (χ1v) is 5.37. The molecule has 0 aliphatic heterocycles. The summed E-state index contributed by atoms with van der Waals surface area (Å²) in [5.41, 5.74) is -0.828. The van der Waals surface area contributed by atoms with Gasteiger partial charge in [-0.05, 0) is 5.56 Å². The lowest BCUT2D eigenvalue weighted by Gasteiger charge is -2.26. The van der Waals surface area contributed by atoms with Gasteiger partial charge in [-0.25, -0.2) is 0 Å². The smallest absolute Gasteiger partial charge is 0.253 e. The van der Waals surface area contributed by atoms with Gasteiger partial charge in [0.05, 0.1) is 5.92 Å². The molecule has 1 atom stereocenters. The predicted molar refractivity (Wildman–Crippen MR) is 66.3 cm³/mol. The van der Waals surface area contributed by atoms with E-state index >= 15 is 0 Å². The third-order valence-electron chi connectivity index (χ3n) is 2.57. The van der Waals surface area contributed by atoms with Crippen LogP contribution < -0.4 is 0 Å². The summed E-state index contributed by atoms with van der Waals surface area (Å²) >= 11 is 0. The molecule has 0 spiro atoms. The highest BCUT2D eigenvalue weighted by Gasteiger charge is 2.40. The van der Waals surface area contributed by atoms with Crippen LogP contribution in [0.2, 0.25) is 0 Å². The second kappa shape index (κ2) is 6.56. The largest absolute Gasteiger partial charge is 0.359 e. The van der Waals surface area contributed by atoms with Crippen LogP contribution >= 0.6 is 0 Å². The van der Waals surface area contributed by atoms with Crippen molar-refractivity contribution in [2.75, 3.05) is 13.9 Å². The molecule has 1 aromatic carbocycles. The van der Waals surface area contributed by atoms with Crippen LogP contribution in [-0.2, 0) is 9.47 Å². The van der Waals surface area contributed by atoms with Gasteiger partial charge in [-0.15, -0.1) is 6.58 Å². The molecular formula is C14H14N2O2. The van der Waals surface area contributed by atoms with Crippen molar-refractivity contribution >= 4 is 0 Å². The summed E-state index contributed by atoms with van der Waals surface area (Å²) < 4.78 is 10.0. The average Bonchev–Trinajstić information content (AvgIpc) is 2.44. The summed E-state index contributed by atoms with van der Waals surface area (Å²) in [7, 11) is 1.44. The van der Waals surface area contributed by atoms with Gasteiger partial charge in [0.1, 0.15) is 18.9 Å². The third kappa shape index (κ3) is 2.75. The lowest BCUT2D eigenvalue weighted by molar-refractivity contribution is -0.0855. The molecule has 0 saturated heterocycles. The number of nitrogens with zero attached hydrogens (tertiary/aromatic N) is 2. The first-order chi connectivity index (χ1) is 8.74. The highest BCUT2D eigenvalue weighted by molar-refractivity contribution is 5.36. The van der Waals surface area contributed by atoms with Gasteiger partial charge in [-0.1, -0.05) is 36.4 Å². The second-order valence-corrected chi connectivity index (χ2v) is 3.63. The predicted octanol–water partition coefficient (Wildman–Crippen LogP) is 2.36. The number of hydrogen-bond acceptors (Lipinski definition) is 4. The van der Waals surface area contributed by atoms with Crippen molar-refractivity contribution in [3.05, 3.63) is 48.6 Å². The van der Waals surface area contributed by atoms with Crippen LogP contribution in [0, 0.1) is 22.7 Å². The number of hydrogen-bond donors (Lipinski definition) is 0. The lowest BCUT2D eigenvalue weighted by Crippen LogP contribution is -2.36. The van der Waals surface area contributed by atoms with Gasteiger partial charge in [0, 0.05) is 7.11 Å². The van der Waals surface area contributed by atoms with Crippen LogP contribution in [0.4, 0.5) is 0 Å². The zero-order valence-electron chi connectivity index (χ0n) is 10.2. The van der Waals surface area contributed by atoms with E-state index in [0.29, 0.717) is 0 Å². The third-order valence-corrected chi connectivity index (χ3v) is 2.57. The lowest BCUT2D eigenvalue weighted by atomic mass is 9.84. The first-order valence-electron chi connectivity index (χ1n) is 5.37. The van der Waals surface area contributed by atoms with Gasteiger partial charge < -0.3 is 9.47 Å². The van der Waals surface area contributed by atoms with E-state index in [9.17, 15) is 10.5 Å². The van der Waals surface area contributed by atoms with Crippen molar-refractivity contribution < 1.29 is 9.47 Å². The molecule has 18 heavy (non-hydrogen) atoms. The zero-order valence-corrected chi connectivity index (χ0v) is 10.2. The molecule has 0 bridgehead atoms. The van der Waals surface area contributed by atoms with E-state index < -0.39 is 11.5 Å². The van der Waals surface area contributed by atoms with Crippen molar-refractivity contribution in [2.24, 2.45) is 0 Å². The SMILES string of the molecule is C=C[C@H](c1ccccc1)C(C#N)(C#N)OCOC. The fraction of sp³-hybridized carbons (Fsp3) is 0.286. The van der Waals surface area contributed by atoms with Crippen molar-refractivity contribution in [3.63, 3.8) is 0 Å². The Morgan fingerprint density at radius 1 is 1.33 bits per heavy atom. The van der Waals surface area contributed by atoms with Crippen molar-refractivity contribution in [3.8, 4) is 12.1 Å². The maximum absolute atomic E-state index is 9.27. The topological polar surface area (TPSA) is 66.0 Å². The van der Waals surface area contributed by atoms with E-state index in [1.165, 1.54) is 13.2 Å². The summed E-state index contributed by atoms with van der Waals surface area (Å²) in [6.07, 6.45) is 1.54. The summed E-state index contributed by atoms with van der Waals surface area (Å²) in [5, 5.41) is 18.5. The van der Waals surface area contributed by atoms with E-state index in [2.05, 4.69) is 6.58 Å². The molecule has 0 aliphatic carbocycles. The highest BCUT2D eigenvalue weighted by atomic mass is 16.7. The van der Waals surface area contributed by atoms with Gasteiger partial charge in [-0.3, -0.25) is 0 Å². The molecule has 0 N–H and O–H groups in total. The molecule has 0 saturated carbocycles. The van der Waals surface area contributed by atoms with Gasteiger partial charge in [-0.2, -0.15) is 10.5 Å². The summed E-state index contributed by atoms with van der Waals surface area (Å²) in [6.45, 7) is 3.56. The summed E-state index contributed by atoms with van der Waals surface area (Å²) in [4.78, 5) is 0. The number of ether oxygens (including phenoxy) is 2. The maximum atomic E-state index is 9.27. The quantitative estimate of drug-likeness (QED) is 0.567. The normalized spacial score (nSPS) is 12.2. The Morgan fingerprint density at radius 3 is 2.39 bits per heavy atom. The second-order valence-electron chi connectivity index (χ2n) is 3.63. The zero-order chi connectivity index (χ0) is 13.4. The molecule has 0 amide bonds. The van der Waals surface area contributed by atoms with E-state index in [1.807, 2.05) is 42.5 Å². The number of nitriles is 2. The Kier molecular flexibility index (Phi) is 5.07. The standard InChI is InChI=1S/C14H14N2O2/c1-3-13(12-7-5-4-6-8-12)14(9-15,10-16)18-11-17-2/h3-8,13H,1,11H2,2H3/t13-/m1/s1. The Bertz CT molecular complexity index is 457. The van der Waals surface area contributed by atoms with E-state index in [0.717, 1.165) is 5.56 Å². The Balaban J connectivity index is 3.15. The van der Waals surface area contributed by atoms with Gasteiger partial charge in [0.15, 0.2) is 0 Å². The van der Waals surface area contributed by atoms with Gasteiger partial charge in [0.2, 0.25) is 0 Å². The summed E-state index contributed by atoms with van der Waals surface area (Å²) in [6, 6.07) is 13.0. The van der Waals surface area contributed by atoms with Crippen molar-refractivity contribution in [1.29, 1.82) is 10.5 Å². The average molecular weight is 242 g/mol. The molecule has 0 heterocycles. The van der Waals surface area contributed by atoms with Crippen LogP contribution in [0.3, 0.4) is 0 Å². The van der Waals surface area contributed by atoms with Crippen LogP contribution in [0.15, 0.2) is 43.0 Å². The number of benzene rings is 1. The minimum Gasteiger partial charge on any atom is -0.359 e. The Hall–Kier alpha value is -2.14. The van der Waals surface area contributed by atoms with Gasteiger partial charge >= 0.3 is 0 Å². The highest BCUT2D eigenvalue weighted by Crippen LogP contribution is 2.32. The molecule has 4 nitrogen and oxygen atoms in total. The van der Waals surface area contributed by atoms with E-state index in [1.54, 1.807) is 0 Å². The van der Waals surface area contributed by atoms with E-state index in [4.69, 9.17) is 9.47 Å². The van der Waals surface area contributed by atoms with Gasteiger partial charge in [0.25, 0.3) is 5.60 Å². The monoisotopic (exact) mass is 242 g/mol. The minimum atomic E-state index is -1.63. The van der Waals surface area contributed by atoms with Crippen LogP contribution in [0.5, 0.6) is 0 Å². The molecule has 92 valence electrons. The van der Waals surface area contributed by atoms with Crippen molar-refractivity contribution in [2.45, 2.75) is 11.5 Å². The van der Waals surface area contributed by atoms with Crippen LogP contribution in [0.1, 0.15) is 11.5 Å². The fourth-order valence-electron chi connectivity index (χ4n) is 1.67. The molecular weight excluding hydrogens is 228 g/mol. The molecule has 0 aliphatic rings. The van der Waals surface area contributed by atoms with E-state index in [-0.39, 0.29) is 6.79 Å². The molecule has 0 aromatic heterocycles. The molecule has 1 rings (SSSR count). The summed E-state index contributed by atoms with van der Waals surface area (Å²) in [5.74, 6) is -0.538. The molecule has 0 fully saturated rings. The molecule has 4 heteroatoms. The van der Waals surface area contributed by atoms with Crippen LogP contribution in [-0.4, -0.2) is 19.5 Å². The maximum Gasteiger partial charge on any atom is 0.253 e. The fourth-order valence-corrected chi connectivity index (χ4v) is 1.67. The number of methoxy groups -OCH3 is 1.